The van der Waals surface area contributed by atoms with E-state index in [1.54, 1.807) is 0 Å². The predicted molar refractivity (Wildman–Crippen MR) is 256 cm³/mol. The zero-order chi connectivity index (χ0) is 42.0. The van der Waals surface area contributed by atoms with Crippen molar-refractivity contribution in [1.29, 1.82) is 0 Å². The molecule has 0 N–H and O–H groups in total. The van der Waals surface area contributed by atoms with Crippen molar-refractivity contribution in [3.63, 3.8) is 0 Å². The Morgan fingerprint density at radius 1 is 0.413 bits per heavy atom. The number of ether oxygens (including phenoxy) is 1. The molecule has 0 saturated carbocycles. The van der Waals surface area contributed by atoms with E-state index >= 15 is 0 Å². The summed E-state index contributed by atoms with van der Waals surface area (Å²) in [7, 11) is 4.20. The summed E-state index contributed by atoms with van der Waals surface area (Å²) in [5.41, 5.74) is 10.9. The number of hydrogen-bond acceptors (Lipinski definition) is 7. The molecule has 0 saturated heterocycles. The van der Waals surface area contributed by atoms with Crippen molar-refractivity contribution in [3.05, 3.63) is 206 Å². The number of hydrogen-bond donors (Lipinski definition) is 0. The van der Waals surface area contributed by atoms with E-state index in [-0.39, 0.29) is 0 Å². The first kappa shape index (κ1) is 36.5. The zero-order valence-corrected chi connectivity index (χ0v) is 34.9. The van der Waals surface area contributed by atoms with Crippen LogP contribution in [-0.2, 0) is 0 Å². The van der Waals surface area contributed by atoms with Gasteiger partial charge < -0.3 is 24.3 Å². The molecule has 0 aliphatic carbocycles. The van der Waals surface area contributed by atoms with Gasteiger partial charge in [-0.2, -0.15) is 0 Å². The minimum Gasteiger partial charge on any atom is -0.457 e. The Morgan fingerprint density at radius 2 is 0.794 bits per heavy atom. The van der Waals surface area contributed by atoms with E-state index < -0.39 is 0 Å². The monoisotopic (exact) mass is 818 g/mol. The highest BCUT2D eigenvalue weighted by molar-refractivity contribution is 6.10. The Bertz CT molecular complexity index is 3100. The summed E-state index contributed by atoms with van der Waals surface area (Å²) in [6.07, 6.45) is 8.33. The van der Waals surface area contributed by atoms with Gasteiger partial charge in [-0.1, -0.05) is 84.9 Å². The lowest BCUT2D eigenvalue weighted by Crippen LogP contribution is -2.24. The van der Waals surface area contributed by atoms with Gasteiger partial charge in [0, 0.05) is 95.1 Å². The lowest BCUT2D eigenvalue weighted by Gasteiger charge is -2.24. The maximum Gasteiger partial charge on any atom is 0.137 e. The number of pyridine rings is 2. The highest BCUT2D eigenvalue weighted by Crippen LogP contribution is 2.38. The molecule has 0 fully saturated rings. The van der Waals surface area contributed by atoms with Gasteiger partial charge in [-0.3, -0.25) is 9.13 Å². The van der Waals surface area contributed by atoms with Crippen molar-refractivity contribution in [2.45, 2.75) is 0 Å². The van der Waals surface area contributed by atoms with Crippen molar-refractivity contribution in [1.82, 2.24) is 28.9 Å². The van der Waals surface area contributed by atoms with Crippen LogP contribution >= 0.6 is 0 Å². The summed E-state index contributed by atoms with van der Waals surface area (Å²) in [6.45, 7) is 1.41. The average Bonchev–Trinajstić information content (AvgIpc) is 4.10. The first-order valence-corrected chi connectivity index (χ1v) is 21.2. The van der Waals surface area contributed by atoms with Gasteiger partial charge in [0.1, 0.15) is 23.1 Å². The normalized spacial score (nSPS) is 14.1. The van der Waals surface area contributed by atoms with Gasteiger partial charge in [0.15, 0.2) is 0 Å². The summed E-state index contributed by atoms with van der Waals surface area (Å²) in [6, 6.07) is 59.3. The van der Waals surface area contributed by atoms with Crippen molar-refractivity contribution in [3.8, 4) is 23.1 Å². The number of anilines is 2. The van der Waals surface area contributed by atoms with Gasteiger partial charge in [-0.15, -0.1) is 0 Å². The summed E-state index contributed by atoms with van der Waals surface area (Å²) >= 11 is 0. The van der Waals surface area contributed by atoms with E-state index in [1.807, 2.05) is 24.5 Å². The quantitative estimate of drug-likeness (QED) is 0.151. The number of fused-ring (bicyclic) bond motifs is 6. The van der Waals surface area contributed by atoms with Gasteiger partial charge in [0.2, 0.25) is 0 Å². The fourth-order valence-electron chi connectivity index (χ4n) is 9.38. The Hall–Kier alpha value is -8.30. The highest BCUT2D eigenvalue weighted by atomic mass is 16.5. The Labute approximate surface area is 364 Å². The van der Waals surface area contributed by atoms with Crippen molar-refractivity contribution >= 4 is 66.4 Å². The molecule has 2 aliphatic heterocycles. The molecular formula is C54H42N8O. The molecule has 10 aromatic rings. The summed E-state index contributed by atoms with van der Waals surface area (Å²) in [5.74, 6) is 3.30. The molecule has 304 valence electrons. The number of nitrogens with zero attached hydrogens (tertiary/aromatic N) is 8. The second kappa shape index (κ2) is 14.7. The molecule has 0 radical (unpaired) electrons. The Morgan fingerprint density at radius 3 is 1.16 bits per heavy atom. The van der Waals surface area contributed by atoms with E-state index in [0.29, 0.717) is 13.3 Å². The smallest absolute Gasteiger partial charge is 0.137 e. The number of benzene rings is 6. The van der Waals surface area contributed by atoms with Crippen molar-refractivity contribution in [2.75, 3.05) is 37.2 Å². The number of rotatable bonds is 8. The Kier molecular flexibility index (Phi) is 8.53. The standard InChI is InChI=1S/C54H42N8O/c1-57-33-51(37-25-27-53(55-31-37)61-47-21-7-3-17-43(47)44-18-4-8-22-48(44)61)59(35-57)39-13-11-15-41(29-39)63-42-16-12-14-40(30-42)60-36-58(2)34-52(60)38-26-28-54(56-32-38)62-49-23-9-5-19-45(49)46-20-6-10-24-50(46)62/h3-34H,35-36H2,1-2H3. The number of aromatic nitrogens is 4. The summed E-state index contributed by atoms with van der Waals surface area (Å²) in [5, 5.41) is 4.89. The molecule has 9 heteroatoms. The van der Waals surface area contributed by atoms with Crippen LogP contribution in [0.4, 0.5) is 11.4 Å². The molecule has 6 heterocycles. The molecule has 12 rings (SSSR count). The first-order chi connectivity index (χ1) is 31.0. The maximum absolute atomic E-state index is 6.62. The highest BCUT2D eigenvalue weighted by Gasteiger charge is 2.25. The van der Waals surface area contributed by atoms with Crippen molar-refractivity contribution in [2.24, 2.45) is 0 Å². The topological polar surface area (TPSA) is 57.8 Å². The van der Waals surface area contributed by atoms with Crippen LogP contribution in [0.2, 0.25) is 0 Å². The molecule has 2 aliphatic rings. The van der Waals surface area contributed by atoms with Gasteiger partial charge in [0.05, 0.1) is 46.8 Å². The molecule has 4 aromatic heterocycles. The number of para-hydroxylation sites is 4. The van der Waals surface area contributed by atoms with Crippen LogP contribution in [0.5, 0.6) is 11.5 Å². The summed E-state index contributed by atoms with van der Waals surface area (Å²) in [4.78, 5) is 19.1. The third-order valence-electron chi connectivity index (χ3n) is 12.2. The minimum absolute atomic E-state index is 0.703. The third-order valence-corrected chi connectivity index (χ3v) is 12.2. The average molecular weight is 819 g/mol. The van der Waals surface area contributed by atoms with Gasteiger partial charge in [0.25, 0.3) is 0 Å². The van der Waals surface area contributed by atoms with Crippen LogP contribution in [0.1, 0.15) is 11.1 Å². The predicted octanol–water partition coefficient (Wildman–Crippen LogP) is 11.9. The van der Waals surface area contributed by atoms with Crippen LogP contribution < -0.4 is 14.5 Å². The molecule has 0 unspecified atom stereocenters. The fourth-order valence-corrected chi connectivity index (χ4v) is 9.38. The lowest BCUT2D eigenvalue weighted by molar-refractivity contribution is 0.479. The molecular weight excluding hydrogens is 777 g/mol. The molecule has 0 atom stereocenters. The maximum atomic E-state index is 6.62. The minimum atomic E-state index is 0.703. The largest absolute Gasteiger partial charge is 0.457 e. The van der Waals surface area contributed by atoms with Gasteiger partial charge in [-0.05, 0) is 72.8 Å². The first-order valence-electron chi connectivity index (χ1n) is 21.2. The SMILES string of the molecule is CN1C=C(c2ccc(-n3c4ccccc4c4ccccc43)nc2)N(c2cccc(Oc3cccc(N4CN(C)C=C4c4ccc(-n5c6ccccc6c6ccccc65)nc4)c3)c2)C1. The molecule has 63 heavy (non-hydrogen) atoms. The molecule has 0 bridgehead atoms. The Balaban J connectivity index is 0.791. The van der Waals surface area contributed by atoms with Crippen molar-refractivity contribution < 1.29 is 4.74 Å². The van der Waals surface area contributed by atoms with Crippen LogP contribution in [0.15, 0.2) is 195 Å². The van der Waals surface area contributed by atoms with E-state index in [2.05, 4.69) is 213 Å². The molecule has 0 spiro atoms. The second-order valence-corrected chi connectivity index (χ2v) is 16.3. The second-order valence-electron chi connectivity index (χ2n) is 16.3. The molecule has 9 nitrogen and oxygen atoms in total. The summed E-state index contributed by atoms with van der Waals surface area (Å²) < 4.78 is 11.1. The zero-order valence-electron chi connectivity index (χ0n) is 34.9. The van der Waals surface area contributed by atoms with Gasteiger partial charge >= 0.3 is 0 Å². The van der Waals surface area contributed by atoms with E-state index in [9.17, 15) is 0 Å². The molecule has 6 aromatic carbocycles. The van der Waals surface area contributed by atoms with Crippen LogP contribution in [0, 0.1) is 0 Å². The third kappa shape index (κ3) is 6.24. The fraction of sp³-hybridized carbons (Fsp3) is 0.0741. The molecule has 0 amide bonds. The lowest BCUT2D eigenvalue weighted by atomic mass is 10.1. The van der Waals surface area contributed by atoms with E-state index in [0.717, 1.165) is 79.1 Å². The van der Waals surface area contributed by atoms with Crippen LogP contribution in [-0.4, -0.2) is 56.3 Å². The van der Waals surface area contributed by atoms with E-state index in [1.165, 1.54) is 21.5 Å². The van der Waals surface area contributed by atoms with E-state index in [4.69, 9.17) is 14.7 Å². The van der Waals surface area contributed by atoms with Crippen LogP contribution in [0.25, 0.3) is 66.6 Å². The van der Waals surface area contributed by atoms with Gasteiger partial charge in [-0.25, -0.2) is 9.97 Å². The van der Waals surface area contributed by atoms with Crippen LogP contribution in [0.3, 0.4) is 0 Å².